The predicted molar refractivity (Wildman–Crippen MR) is 86.5 cm³/mol. The summed E-state index contributed by atoms with van der Waals surface area (Å²) in [6.07, 6.45) is 0. The van der Waals surface area contributed by atoms with Crippen molar-refractivity contribution in [3.8, 4) is 11.5 Å². The Morgan fingerprint density at radius 2 is 1.95 bits per heavy atom. The monoisotopic (exact) mass is 397 g/mol. The second kappa shape index (κ2) is 5.66. The van der Waals surface area contributed by atoms with Crippen LogP contribution in [-0.2, 0) is 6.54 Å². The quantitative estimate of drug-likeness (QED) is 0.800. The summed E-state index contributed by atoms with van der Waals surface area (Å²) >= 11 is 7.01. The molecule has 0 saturated heterocycles. The molecule has 0 amide bonds. The zero-order valence-corrected chi connectivity index (χ0v) is 14.0. The highest BCUT2D eigenvalue weighted by Crippen LogP contribution is 2.40. The van der Waals surface area contributed by atoms with E-state index < -0.39 is 0 Å². The number of ether oxygens (including phenoxy) is 2. The van der Waals surface area contributed by atoms with Crippen LogP contribution in [0.4, 0.5) is 5.69 Å². The van der Waals surface area contributed by atoms with Crippen molar-refractivity contribution < 1.29 is 9.47 Å². The first kappa shape index (κ1) is 13.8. The lowest BCUT2D eigenvalue weighted by molar-refractivity contribution is 0.173. The molecule has 0 unspecified atom stereocenters. The first-order valence-electron chi connectivity index (χ1n) is 6.21. The Hall–Kier alpha value is -1.20. The predicted octanol–water partition coefficient (Wildman–Crippen LogP) is 4.86. The molecule has 0 bridgehead atoms. The molecule has 0 saturated carbocycles. The van der Waals surface area contributed by atoms with Crippen molar-refractivity contribution in [2.45, 2.75) is 13.5 Å². The largest absolute Gasteiger partial charge is 0.454 e. The lowest BCUT2D eigenvalue weighted by Crippen LogP contribution is -2.00. The third-order valence-corrected chi connectivity index (χ3v) is 4.62. The molecule has 1 N–H and O–H groups in total. The van der Waals surface area contributed by atoms with Crippen LogP contribution in [0.5, 0.6) is 11.5 Å². The molecular weight excluding hydrogens is 386 g/mol. The smallest absolute Gasteiger partial charge is 0.231 e. The van der Waals surface area contributed by atoms with Crippen LogP contribution in [0.3, 0.4) is 0 Å². The van der Waals surface area contributed by atoms with E-state index in [9.17, 15) is 0 Å². The van der Waals surface area contributed by atoms with Crippen molar-refractivity contribution in [3.63, 3.8) is 0 Å². The molecular formula is C15H13Br2NO2. The van der Waals surface area contributed by atoms with Crippen molar-refractivity contribution in [1.29, 1.82) is 0 Å². The van der Waals surface area contributed by atoms with Crippen molar-refractivity contribution in [3.05, 3.63) is 50.4 Å². The number of anilines is 1. The number of fused-ring (bicyclic) bond motifs is 1. The first-order valence-corrected chi connectivity index (χ1v) is 7.80. The maximum absolute atomic E-state index is 5.42. The number of hydrogen-bond acceptors (Lipinski definition) is 3. The van der Waals surface area contributed by atoms with E-state index in [1.54, 1.807) is 0 Å². The Bertz CT molecular complexity index is 659. The molecule has 0 radical (unpaired) electrons. The molecule has 0 aliphatic carbocycles. The van der Waals surface area contributed by atoms with Gasteiger partial charge in [-0.1, -0.05) is 15.9 Å². The SMILES string of the molecule is Cc1cc(NCc2cc(Br)c3c(c2)OCO3)ccc1Br. The third kappa shape index (κ3) is 2.79. The van der Waals surface area contributed by atoms with Crippen molar-refractivity contribution in [1.82, 2.24) is 0 Å². The van der Waals surface area contributed by atoms with Gasteiger partial charge in [0.2, 0.25) is 6.79 Å². The molecule has 1 aliphatic rings. The van der Waals surface area contributed by atoms with E-state index in [1.807, 2.05) is 18.2 Å². The summed E-state index contributed by atoms with van der Waals surface area (Å²) in [5.41, 5.74) is 3.45. The highest BCUT2D eigenvalue weighted by atomic mass is 79.9. The maximum atomic E-state index is 5.42. The van der Waals surface area contributed by atoms with Gasteiger partial charge >= 0.3 is 0 Å². The Morgan fingerprint density at radius 1 is 1.10 bits per heavy atom. The molecule has 0 spiro atoms. The van der Waals surface area contributed by atoms with Crippen LogP contribution in [0.25, 0.3) is 0 Å². The molecule has 3 nitrogen and oxygen atoms in total. The molecule has 0 aromatic heterocycles. The van der Waals surface area contributed by atoms with Gasteiger partial charge in [-0.05, 0) is 64.3 Å². The normalized spacial score (nSPS) is 12.6. The highest BCUT2D eigenvalue weighted by Gasteiger charge is 2.17. The first-order chi connectivity index (χ1) is 9.63. The minimum Gasteiger partial charge on any atom is -0.454 e. The summed E-state index contributed by atoms with van der Waals surface area (Å²) in [5.74, 6) is 1.58. The topological polar surface area (TPSA) is 30.5 Å². The average Bonchev–Trinajstić information content (AvgIpc) is 2.89. The summed E-state index contributed by atoms with van der Waals surface area (Å²) in [7, 11) is 0. The van der Waals surface area contributed by atoms with E-state index in [1.165, 1.54) is 5.56 Å². The summed E-state index contributed by atoms with van der Waals surface area (Å²) in [4.78, 5) is 0. The van der Waals surface area contributed by atoms with Gasteiger partial charge in [-0.25, -0.2) is 0 Å². The third-order valence-electron chi connectivity index (χ3n) is 3.14. The Labute approximate surface area is 134 Å². The van der Waals surface area contributed by atoms with Gasteiger partial charge in [0.05, 0.1) is 4.47 Å². The van der Waals surface area contributed by atoms with Gasteiger partial charge in [0, 0.05) is 16.7 Å². The molecule has 1 aliphatic heterocycles. The molecule has 2 aromatic rings. The number of benzene rings is 2. The van der Waals surface area contributed by atoms with Crippen LogP contribution in [0.15, 0.2) is 39.3 Å². The molecule has 1 heterocycles. The van der Waals surface area contributed by atoms with Crippen molar-refractivity contribution in [2.24, 2.45) is 0 Å². The number of hydrogen-bond donors (Lipinski definition) is 1. The highest BCUT2D eigenvalue weighted by molar-refractivity contribution is 9.10. The van der Waals surface area contributed by atoms with Crippen LogP contribution in [0.2, 0.25) is 0 Å². The molecule has 0 atom stereocenters. The van der Waals surface area contributed by atoms with E-state index in [-0.39, 0.29) is 6.79 Å². The summed E-state index contributed by atoms with van der Waals surface area (Å²) in [6, 6.07) is 10.3. The molecule has 104 valence electrons. The second-order valence-corrected chi connectivity index (χ2v) is 6.34. The van der Waals surface area contributed by atoms with Gasteiger partial charge in [-0.2, -0.15) is 0 Å². The van der Waals surface area contributed by atoms with Crippen LogP contribution >= 0.6 is 31.9 Å². The van der Waals surface area contributed by atoms with Crippen LogP contribution in [0, 0.1) is 6.92 Å². The lowest BCUT2D eigenvalue weighted by atomic mass is 10.2. The zero-order valence-electron chi connectivity index (χ0n) is 10.9. The number of halogens is 2. The average molecular weight is 399 g/mol. The number of rotatable bonds is 3. The van der Waals surface area contributed by atoms with Crippen LogP contribution < -0.4 is 14.8 Å². The molecule has 2 aromatic carbocycles. The van der Waals surface area contributed by atoms with Crippen molar-refractivity contribution >= 4 is 37.5 Å². The second-order valence-electron chi connectivity index (χ2n) is 4.63. The molecule has 5 heteroatoms. The van der Waals surface area contributed by atoms with E-state index >= 15 is 0 Å². The van der Waals surface area contributed by atoms with Gasteiger partial charge in [-0.3, -0.25) is 0 Å². The molecule has 0 fully saturated rings. The Balaban J connectivity index is 1.75. The van der Waals surface area contributed by atoms with E-state index in [0.717, 1.165) is 38.2 Å². The van der Waals surface area contributed by atoms with Gasteiger partial charge in [-0.15, -0.1) is 0 Å². The van der Waals surface area contributed by atoms with Gasteiger partial charge in [0.15, 0.2) is 11.5 Å². The minimum atomic E-state index is 0.288. The van der Waals surface area contributed by atoms with Gasteiger partial charge < -0.3 is 14.8 Å². The Morgan fingerprint density at radius 3 is 2.75 bits per heavy atom. The maximum Gasteiger partial charge on any atom is 0.231 e. The fourth-order valence-corrected chi connectivity index (χ4v) is 2.93. The van der Waals surface area contributed by atoms with E-state index in [4.69, 9.17) is 9.47 Å². The van der Waals surface area contributed by atoms with E-state index in [0.29, 0.717) is 0 Å². The zero-order chi connectivity index (χ0) is 14.1. The fraction of sp³-hybridized carbons (Fsp3) is 0.200. The van der Waals surface area contributed by atoms with Gasteiger partial charge in [0.25, 0.3) is 0 Å². The van der Waals surface area contributed by atoms with E-state index in [2.05, 4.69) is 56.2 Å². The lowest BCUT2D eigenvalue weighted by Gasteiger charge is -2.09. The van der Waals surface area contributed by atoms with Crippen molar-refractivity contribution in [2.75, 3.05) is 12.1 Å². The standard InChI is InChI=1S/C15H13Br2NO2/c1-9-4-11(2-3-12(9)16)18-7-10-5-13(17)15-14(6-10)19-8-20-15/h2-6,18H,7-8H2,1H3. The molecule has 20 heavy (non-hydrogen) atoms. The van der Waals surface area contributed by atoms with Crippen LogP contribution in [-0.4, -0.2) is 6.79 Å². The summed E-state index contributed by atoms with van der Waals surface area (Å²) < 4.78 is 12.8. The summed E-state index contributed by atoms with van der Waals surface area (Å²) in [6.45, 7) is 3.10. The number of aryl methyl sites for hydroxylation is 1. The van der Waals surface area contributed by atoms with Gasteiger partial charge in [0.1, 0.15) is 0 Å². The minimum absolute atomic E-state index is 0.288. The summed E-state index contributed by atoms with van der Waals surface area (Å²) in [5, 5.41) is 3.41. The number of nitrogens with one attached hydrogen (secondary N) is 1. The fourth-order valence-electron chi connectivity index (χ4n) is 2.08. The van der Waals surface area contributed by atoms with Crippen LogP contribution in [0.1, 0.15) is 11.1 Å². The Kier molecular flexibility index (Phi) is 3.89. The molecule has 3 rings (SSSR count).